The van der Waals surface area contributed by atoms with Gasteiger partial charge in [0, 0.05) is 17.0 Å². The summed E-state index contributed by atoms with van der Waals surface area (Å²) in [5.74, 6) is -0.223. The number of hydrogen-bond acceptors (Lipinski definition) is 3. The minimum atomic E-state index is -1.10. The highest BCUT2D eigenvalue weighted by Gasteiger charge is 2.21. The summed E-state index contributed by atoms with van der Waals surface area (Å²) < 4.78 is 17.8. The normalized spacial score (nSPS) is 14.7. The zero-order chi connectivity index (χ0) is 11.4. The van der Waals surface area contributed by atoms with Gasteiger partial charge in [0.2, 0.25) is 0 Å². The Balaban J connectivity index is 3.02. The van der Waals surface area contributed by atoms with E-state index in [2.05, 4.69) is 15.9 Å². The Kier molecular flexibility index (Phi) is 4.50. The molecule has 0 aliphatic heterocycles. The maximum absolute atomic E-state index is 12.8. The highest BCUT2D eigenvalue weighted by molar-refractivity contribution is 9.09. The first-order valence-electron chi connectivity index (χ1n) is 4.35. The van der Waals surface area contributed by atoms with Gasteiger partial charge in [0.05, 0.1) is 13.2 Å². The molecule has 15 heavy (non-hydrogen) atoms. The van der Waals surface area contributed by atoms with Crippen LogP contribution in [0.5, 0.6) is 5.75 Å². The molecule has 0 saturated carbocycles. The molecule has 0 spiro atoms. The van der Waals surface area contributed by atoms with Crippen LogP contribution in [0.25, 0.3) is 0 Å². The number of ether oxygens (including phenoxy) is 1. The zero-order valence-corrected chi connectivity index (χ0v) is 9.74. The third-order valence-electron chi connectivity index (χ3n) is 2.04. The van der Waals surface area contributed by atoms with E-state index in [0.717, 1.165) is 0 Å². The molecule has 2 atom stereocenters. The minimum absolute atomic E-state index is 0.225. The van der Waals surface area contributed by atoms with Crippen LogP contribution >= 0.6 is 15.9 Å². The Morgan fingerprint density at radius 3 is 2.67 bits per heavy atom. The Bertz CT molecular complexity index is 332. The molecule has 0 amide bonds. The standard InChI is InChI=1S/C10H12BrFO3/c1-15-9-4-6(12)2-3-7(9)10(14)8(13)5-11/h2-4,8,10,13-14H,5H2,1H3. The van der Waals surface area contributed by atoms with E-state index in [4.69, 9.17) is 4.74 Å². The van der Waals surface area contributed by atoms with Crippen molar-refractivity contribution in [1.29, 1.82) is 0 Å². The van der Waals surface area contributed by atoms with Crippen molar-refractivity contribution in [3.8, 4) is 5.75 Å². The molecular weight excluding hydrogens is 267 g/mol. The van der Waals surface area contributed by atoms with Crippen molar-refractivity contribution in [2.24, 2.45) is 0 Å². The van der Waals surface area contributed by atoms with Crippen LogP contribution in [0.1, 0.15) is 11.7 Å². The lowest BCUT2D eigenvalue weighted by molar-refractivity contribution is 0.0327. The number of hydrogen-bond donors (Lipinski definition) is 2. The molecule has 0 aliphatic rings. The van der Waals surface area contributed by atoms with Crippen LogP contribution in [-0.4, -0.2) is 28.8 Å². The topological polar surface area (TPSA) is 49.7 Å². The molecule has 84 valence electrons. The predicted molar refractivity (Wildman–Crippen MR) is 57.7 cm³/mol. The van der Waals surface area contributed by atoms with Crippen molar-refractivity contribution in [3.63, 3.8) is 0 Å². The third kappa shape index (κ3) is 2.90. The van der Waals surface area contributed by atoms with Crippen LogP contribution in [0.3, 0.4) is 0 Å². The van der Waals surface area contributed by atoms with E-state index >= 15 is 0 Å². The predicted octanol–water partition coefficient (Wildman–Crippen LogP) is 1.62. The maximum Gasteiger partial charge on any atom is 0.127 e. The minimum Gasteiger partial charge on any atom is -0.496 e. The number of benzene rings is 1. The van der Waals surface area contributed by atoms with Gasteiger partial charge in [-0.15, -0.1) is 0 Å². The van der Waals surface area contributed by atoms with Crippen molar-refractivity contribution in [2.45, 2.75) is 12.2 Å². The second-order valence-electron chi connectivity index (χ2n) is 3.05. The van der Waals surface area contributed by atoms with Crippen molar-refractivity contribution >= 4 is 15.9 Å². The van der Waals surface area contributed by atoms with Gasteiger partial charge in [0.15, 0.2) is 0 Å². The lowest BCUT2D eigenvalue weighted by Gasteiger charge is -2.18. The van der Waals surface area contributed by atoms with Crippen LogP contribution in [0.2, 0.25) is 0 Å². The van der Waals surface area contributed by atoms with E-state index in [-0.39, 0.29) is 11.1 Å². The van der Waals surface area contributed by atoms with E-state index in [0.29, 0.717) is 5.56 Å². The fraction of sp³-hybridized carbons (Fsp3) is 0.400. The van der Waals surface area contributed by atoms with E-state index in [9.17, 15) is 14.6 Å². The molecule has 5 heteroatoms. The summed E-state index contributed by atoms with van der Waals surface area (Å²) in [5, 5.41) is 19.4. The molecule has 0 bridgehead atoms. The summed E-state index contributed by atoms with van der Waals surface area (Å²) >= 11 is 3.05. The third-order valence-corrected chi connectivity index (χ3v) is 2.70. The molecule has 0 fully saturated rings. The number of aliphatic hydroxyl groups is 2. The Morgan fingerprint density at radius 1 is 1.47 bits per heavy atom. The van der Waals surface area contributed by atoms with Gasteiger partial charge in [0.1, 0.15) is 17.7 Å². The summed E-state index contributed by atoms with van der Waals surface area (Å²) in [6, 6.07) is 3.77. The molecule has 0 radical (unpaired) electrons. The quantitative estimate of drug-likeness (QED) is 0.823. The SMILES string of the molecule is COc1cc(F)ccc1C(O)C(O)CBr. The molecule has 2 N–H and O–H groups in total. The largest absolute Gasteiger partial charge is 0.496 e. The van der Waals surface area contributed by atoms with E-state index in [1.807, 2.05) is 0 Å². The second kappa shape index (κ2) is 5.44. The zero-order valence-electron chi connectivity index (χ0n) is 8.15. The summed E-state index contributed by atoms with van der Waals surface area (Å²) in [6.45, 7) is 0. The second-order valence-corrected chi connectivity index (χ2v) is 3.70. The van der Waals surface area contributed by atoms with Gasteiger partial charge in [-0.25, -0.2) is 4.39 Å². The van der Waals surface area contributed by atoms with Gasteiger partial charge in [-0.2, -0.15) is 0 Å². The molecule has 1 aromatic carbocycles. The monoisotopic (exact) mass is 278 g/mol. The van der Waals surface area contributed by atoms with Crippen molar-refractivity contribution < 1.29 is 19.3 Å². The van der Waals surface area contributed by atoms with E-state index < -0.39 is 18.0 Å². The molecular formula is C10H12BrFO3. The van der Waals surface area contributed by atoms with E-state index in [1.165, 1.54) is 25.3 Å². The molecule has 0 saturated heterocycles. The van der Waals surface area contributed by atoms with Crippen LogP contribution in [0, 0.1) is 5.82 Å². The van der Waals surface area contributed by atoms with Crippen molar-refractivity contribution in [1.82, 2.24) is 0 Å². The molecule has 0 heterocycles. The van der Waals surface area contributed by atoms with Crippen LogP contribution in [0.15, 0.2) is 18.2 Å². The molecule has 1 rings (SSSR count). The van der Waals surface area contributed by atoms with Gasteiger partial charge in [-0.05, 0) is 12.1 Å². The van der Waals surface area contributed by atoms with Gasteiger partial charge in [-0.3, -0.25) is 0 Å². The summed E-state index contributed by atoms with van der Waals surface area (Å²) in [5.41, 5.74) is 0.367. The first-order valence-corrected chi connectivity index (χ1v) is 5.47. The fourth-order valence-electron chi connectivity index (χ4n) is 1.22. The Labute approximate surface area is 95.6 Å². The molecule has 0 aromatic heterocycles. The number of aliphatic hydroxyl groups excluding tert-OH is 2. The lowest BCUT2D eigenvalue weighted by atomic mass is 10.0. The summed E-state index contributed by atoms with van der Waals surface area (Å²) in [7, 11) is 1.38. The molecule has 2 unspecified atom stereocenters. The smallest absolute Gasteiger partial charge is 0.127 e. The first-order chi connectivity index (χ1) is 7.10. The molecule has 0 aliphatic carbocycles. The highest BCUT2D eigenvalue weighted by Crippen LogP contribution is 2.28. The van der Waals surface area contributed by atoms with Crippen molar-refractivity contribution in [2.75, 3.05) is 12.4 Å². The first kappa shape index (κ1) is 12.4. The molecule has 1 aromatic rings. The number of halogens is 2. The van der Waals surface area contributed by atoms with Crippen LogP contribution in [-0.2, 0) is 0 Å². The number of alkyl halides is 1. The van der Waals surface area contributed by atoms with E-state index in [1.54, 1.807) is 0 Å². The van der Waals surface area contributed by atoms with Crippen molar-refractivity contribution in [3.05, 3.63) is 29.6 Å². The van der Waals surface area contributed by atoms with Crippen LogP contribution in [0.4, 0.5) is 4.39 Å². The Hall–Kier alpha value is -0.650. The average Bonchev–Trinajstić information content (AvgIpc) is 2.26. The average molecular weight is 279 g/mol. The molecule has 3 nitrogen and oxygen atoms in total. The Morgan fingerprint density at radius 2 is 2.13 bits per heavy atom. The lowest BCUT2D eigenvalue weighted by Crippen LogP contribution is -2.20. The maximum atomic E-state index is 12.8. The summed E-state index contributed by atoms with van der Waals surface area (Å²) in [6.07, 6.45) is -2.05. The van der Waals surface area contributed by atoms with Crippen LogP contribution < -0.4 is 4.74 Å². The van der Waals surface area contributed by atoms with Gasteiger partial charge >= 0.3 is 0 Å². The number of rotatable bonds is 4. The van der Waals surface area contributed by atoms with Gasteiger partial charge < -0.3 is 14.9 Å². The number of methoxy groups -OCH3 is 1. The van der Waals surface area contributed by atoms with Gasteiger partial charge in [0.25, 0.3) is 0 Å². The highest BCUT2D eigenvalue weighted by atomic mass is 79.9. The van der Waals surface area contributed by atoms with Gasteiger partial charge in [-0.1, -0.05) is 15.9 Å². The summed E-state index contributed by atoms with van der Waals surface area (Å²) in [4.78, 5) is 0. The fourth-order valence-corrected chi connectivity index (χ4v) is 1.58.